The predicted octanol–water partition coefficient (Wildman–Crippen LogP) is 4.18. The molecule has 0 aromatic carbocycles. The molecular formula is C15H26O. The van der Waals surface area contributed by atoms with Crippen molar-refractivity contribution >= 4 is 0 Å². The Morgan fingerprint density at radius 3 is 2.25 bits per heavy atom. The fourth-order valence-electron chi connectivity index (χ4n) is 5.07. The molecule has 0 aromatic heterocycles. The molecule has 2 bridgehead atoms. The highest BCUT2D eigenvalue weighted by Crippen LogP contribution is 2.66. The average Bonchev–Trinajstić information content (AvgIpc) is 2.46. The summed E-state index contributed by atoms with van der Waals surface area (Å²) >= 11 is 0. The summed E-state index contributed by atoms with van der Waals surface area (Å²) in [5, 5.41) is 0. The van der Waals surface area contributed by atoms with Crippen molar-refractivity contribution in [3.8, 4) is 0 Å². The fraction of sp³-hybridized carbons (Fsp3) is 0.867. The van der Waals surface area contributed by atoms with Crippen LogP contribution in [-0.2, 0) is 4.74 Å². The van der Waals surface area contributed by atoms with E-state index in [9.17, 15) is 0 Å². The fourth-order valence-corrected chi connectivity index (χ4v) is 5.07. The molecular weight excluding hydrogens is 196 g/mol. The van der Waals surface area contributed by atoms with E-state index in [2.05, 4.69) is 48.5 Å². The number of ether oxygens (including phenoxy) is 1. The van der Waals surface area contributed by atoms with Gasteiger partial charge in [0.2, 0.25) is 0 Å². The van der Waals surface area contributed by atoms with Crippen molar-refractivity contribution in [2.75, 3.05) is 0 Å². The van der Waals surface area contributed by atoms with Crippen LogP contribution in [0.4, 0.5) is 0 Å². The quantitative estimate of drug-likeness (QED) is 0.605. The van der Waals surface area contributed by atoms with Gasteiger partial charge in [0.1, 0.15) is 0 Å². The topological polar surface area (TPSA) is 9.23 Å². The van der Waals surface area contributed by atoms with E-state index in [-0.39, 0.29) is 5.60 Å². The Labute approximate surface area is 100 Å². The summed E-state index contributed by atoms with van der Waals surface area (Å²) in [6.45, 7) is 16.2. The third kappa shape index (κ3) is 1.16. The predicted molar refractivity (Wildman–Crippen MR) is 68.4 cm³/mol. The molecule has 1 saturated carbocycles. The summed E-state index contributed by atoms with van der Waals surface area (Å²) in [5.74, 6) is 1.34. The van der Waals surface area contributed by atoms with Crippen LogP contribution in [0, 0.1) is 17.3 Å². The monoisotopic (exact) mass is 222 g/mol. The molecule has 4 atom stereocenters. The first-order valence-corrected chi connectivity index (χ1v) is 6.65. The van der Waals surface area contributed by atoms with Crippen molar-refractivity contribution in [3.05, 3.63) is 11.1 Å². The maximum absolute atomic E-state index is 6.36. The van der Waals surface area contributed by atoms with E-state index in [1.807, 2.05) is 0 Å². The van der Waals surface area contributed by atoms with Crippen molar-refractivity contribution in [2.45, 2.75) is 66.6 Å². The maximum Gasteiger partial charge on any atom is 0.0929 e. The van der Waals surface area contributed by atoms with Gasteiger partial charge in [0.25, 0.3) is 0 Å². The first kappa shape index (κ1) is 12.2. The second kappa shape index (κ2) is 3.35. The lowest BCUT2D eigenvalue weighted by atomic mass is 9.72. The Hall–Kier alpha value is -0.300. The van der Waals surface area contributed by atoms with E-state index >= 15 is 0 Å². The van der Waals surface area contributed by atoms with Crippen LogP contribution in [0.2, 0.25) is 0 Å². The van der Waals surface area contributed by atoms with Gasteiger partial charge < -0.3 is 4.74 Å². The SMILES string of the molecule is CC[C@@]12O[C@@H](C)C([C@@H]1C)C(C)(C)C2=C(C)C. The zero-order valence-electron chi connectivity index (χ0n) is 11.8. The minimum atomic E-state index is 0.0341. The molecule has 1 unspecified atom stereocenters. The van der Waals surface area contributed by atoms with Crippen LogP contribution >= 0.6 is 0 Å². The van der Waals surface area contributed by atoms with Crippen molar-refractivity contribution in [1.82, 2.24) is 0 Å². The molecule has 2 aliphatic rings. The van der Waals surface area contributed by atoms with E-state index in [4.69, 9.17) is 4.74 Å². The van der Waals surface area contributed by atoms with E-state index in [0.29, 0.717) is 23.4 Å². The van der Waals surface area contributed by atoms with Crippen LogP contribution < -0.4 is 0 Å². The van der Waals surface area contributed by atoms with Gasteiger partial charge in [-0.2, -0.15) is 0 Å². The summed E-state index contributed by atoms with van der Waals surface area (Å²) in [6.07, 6.45) is 1.52. The summed E-state index contributed by atoms with van der Waals surface area (Å²) in [4.78, 5) is 0. The zero-order valence-corrected chi connectivity index (χ0v) is 11.8. The average molecular weight is 222 g/mol. The van der Waals surface area contributed by atoms with Crippen LogP contribution in [0.5, 0.6) is 0 Å². The number of hydrogen-bond acceptors (Lipinski definition) is 1. The standard InChI is InChI=1S/C15H26O/c1-8-15-10(4)12(11(5)16-15)14(6,7)13(15)9(2)3/h10-12H,8H2,1-7H3/t10-,11-,12?,15+/m0/s1. The van der Waals surface area contributed by atoms with E-state index in [1.54, 1.807) is 5.57 Å². The molecule has 0 aromatic rings. The first-order chi connectivity index (χ1) is 7.29. The molecule has 16 heavy (non-hydrogen) atoms. The van der Waals surface area contributed by atoms with Gasteiger partial charge in [-0.25, -0.2) is 0 Å². The zero-order chi connectivity index (χ0) is 12.3. The van der Waals surface area contributed by atoms with Gasteiger partial charge in [-0.05, 0) is 50.0 Å². The van der Waals surface area contributed by atoms with Crippen LogP contribution in [0.15, 0.2) is 11.1 Å². The third-order valence-corrected chi connectivity index (χ3v) is 5.10. The lowest BCUT2D eigenvalue weighted by Crippen LogP contribution is -2.41. The van der Waals surface area contributed by atoms with Gasteiger partial charge in [-0.3, -0.25) is 0 Å². The van der Waals surface area contributed by atoms with Crippen LogP contribution in [-0.4, -0.2) is 11.7 Å². The number of fused-ring (bicyclic) bond motifs is 2. The maximum atomic E-state index is 6.36. The van der Waals surface area contributed by atoms with Crippen molar-refractivity contribution < 1.29 is 4.74 Å². The van der Waals surface area contributed by atoms with Crippen LogP contribution in [0.1, 0.15) is 54.9 Å². The van der Waals surface area contributed by atoms with Crippen LogP contribution in [0.25, 0.3) is 0 Å². The molecule has 1 saturated heterocycles. The highest BCUT2D eigenvalue weighted by atomic mass is 16.5. The molecule has 1 nitrogen and oxygen atoms in total. The summed E-state index contributed by atoms with van der Waals surface area (Å²) in [5.41, 5.74) is 3.39. The van der Waals surface area contributed by atoms with Crippen molar-refractivity contribution in [3.63, 3.8) is 0 Å². The molecule has 0 spiro atoms. The molecule has 0 N–H and O–H groups in total. The minimum absolute atomic E-state index is 0.0341. The Kier molecular flexibility index (Phi) is 2.55. The van der Waals surface area contributed by atoms with E-state index < -0.39 is 0 Å². The van der Waals surface area contributed by atoms with Gasteiger partial charge in [0.05, 0.1) is 11.7 Å². The largest absolute Gasteiger partial charge is 0.367 e. The second-order valence-electron chi connectivity index (χ2n) is 6.48. The Morgan fingerprint density at radius 1 is 1.25 bits per heavy atom. The van der Waals surface area contributed by atoms with Gasteiger partial charge in [-0.15, -0.1) is 0 Å². The van der Waals surface area contributed by atoms with Crippen molar-refractivity contribution in [2.24, 2.45) is 17.3 Å². The minimum Gasteiger partial charge on any atom is -0.367 e. The Bertz CT molecular complexity index is 335. The molecule has 1 heteroatoms. The Balaban J connectivity index is 2.62. The second-order valence-corrected chi connectivity index (χ2v) is 6.48. The van der Waals surface area contributed by atoms with E-state index in [0.717, 1.165) is 6.42 Å². The Morgan fingerprint density at radius 2 is 1.81 bits per heavy atom. The number of rotatable bonds is 1. The highest BCUT2D eigenvalue weighted by Gasteiger charge is 2.66. The van der Waals surface area contributed by atoms with Gasteiger partial charge in [0, 0.05) is 0 Å². The number of allylic oxidation sites excluding steroid dienone is 1. The van der Waals surface area contributed by atoms with Crippen molar-refractivity contribution in [1.29, 1.82) is 0 Å². The van der Waals surface area contributed by atoms with Gasteiger partial charge in [-0.1, -0.05) is 33.3 Å². The summed E-state index contributed by atoms with van der Waals surface area (Å²) < 4.78 is 6.36. The smallest absolute Gasteiger partial charge is 0.0929 e. The molecule has 1 aliphatic carbocycles. The molecule has 1 heterocycles. The highest BCUT2D eigenvalue weighted by molar-refractivity contribution is 5.39. The molecule has 92 valence electrons. The lowest BCUT2D eigenvalue weighted by molar-refractivity contribution is -0.0612. The lowest BCUT2D eigenvalue weighted by Gasteiger charge is -2.42. The van der Waals surface area contributed by atoms with Gasteiger partial charge in [0.15, 0.2) is 0 Å². The molecule has 1 aliphatic heterocycles. The summed E-state index contributed by atoms with van der Waals surface area (Å²) in [7, 11) is 0. The normalized spacial score (nSPS) is 45.2. The molecule has 0 amide bonds. The molecule has 0 radical (unpaired) electrons. The van der Waals surface area contributed by atoms with Crippen LogP contribution in [0.3, 0.4) is 0 Å². The van der Waals surface area contributed by atoms with E-state index in [1.165, 1.54) is 5.57 Å². The van der Waals surface area contributed by atoms with Gasteiger partial charge >= 0.3 is 0 Å². The molecule has 2 fully saturated rings. The molecule has 2 rings (SSSR count). The summed E-state index contributed by atoms with van der Waals surface area (Å²) in [6, 6.07) is 0. The third-order valence-electron chi connectivity index (χ3n) is 5.10. The first-order valence-electron chi connectivity index (χ1n) is 6.65. The number of hydrogen-bond donors (Lipinski definition) is 0.